The lowest BCUT2D eigenvalue weighted by Crippen LogP contribution is -2.36. The summed E-state index contributed by atoms with van der Waals surface area (Å²) in [5.74, 6) is -0.654. The minimum atomic E-state index is -0.975. The predicted octanol–water partition coefficient (Wildman–Crippen LogP) is -0.245. The van der Waals surface area contributed by atoms with Gasteiger partial charge in [0.1, 0.15) is 0 Å². The summed E-state index contributed by atoms with van der Waals surface area (Å²) in [7, 11) is 1.40. The number of carbonyl (C=O) groups is 3. The van der Waals surface area contributed by atoms with E-state index >= 15 is 0 Å². The summed E-state index contributed by atoms with van der Waals surface area (Å²) in [6.45, 7) is 2.46. The number of hydrogen-bond donors (Lipinski definition) is 3. The third-order valence-electron chi connectivity index (χ3n) is 3.36. The lowest BCUT2D eigenvalue weighted by molar-refractivity contribution is -0.140. The van der Waals surface area contributed by atoms with E-state index in [-0.39, 0.29) is 37.1 Å². The number of carboxylic acid groups (broad SMARTS) is 1. The van der Waals surface area contributed by atoms with Crippen molar-refractivity contribution < 1.29 is 24.2 Å². The van der Waals surface area contributed by atoms with E-state index in [2.05, 4.69) is 10.6 Å². The molecule has 7 nitrogen and oxygen atoms in total. The molecule has 1 saturated carbocycles. The molecule has 1 aliphatic carbocycles. The highest BCUT2D eigenvalue weighted by atomic mass is 16.5. The molecule has 1 aliphatic rings. The zero-order valence-corrected chi connectivity index (χ0v) is 11.8. The van der Waals surface area contributed by atoms with Crippen LogP contribution in [0.15, 0.2) is 0 Å². The standard InChI is InChI=1S/C13H22N2O5/c1-8-5-10(8)13(19)14-4-3-11(16)15-7-9(20-2)6-12(17)18/h8-10H,3-7H2,1-2H3,(H,14,19)(H,15,16)(H,17,18). The van der Waals surface area contributed by atoms with E-state index in [9.17, 15) is 14.4 Å². The van der Waals surface area contributed by atoms with Gasteiger partial charge in [0, 0.05) is 32.5 Å². The number of methoxy groups -OCH3 is 1. The molecule has 0 aromatic heterocycles. The number of carboxylic acids is 1. The van der Waals surface area contributed by atoms with Crippen LogP contribution in [0.1, 0.15) is 26.2 Å². The van der Waals surface area contributed by atoms with E-state index in [1.54, 1.807) is 0 Å². The molecule has 0 heterocycles. The summed E-state index contributed by atoms with van der Waals surface area (Å²) in [5.41, 5.74) is 0. The highest BCUT2D eigenvalue weighted by Gasteiger charge is 2.38. The van der Waals surface area contributed by atoms with Crippen LogP contribution in [0, 0.1) is 11.8 Å². The van der Waals surface area contributed by atoms with Gasteiger partial charge in [-0.25, -0.2) is 0 Å². The van der Waals surface area contributed by atoms with Crippen LogP contribution < -0.4 is 10.6 Å². The summed E-state index contributed by atoms with van der Waals surface area (Å²) in [4.78, 5) is 33.5. The number of rotatable bonds is 9. The number of ether oxygens (including phenoxy) is 1. The van der Waals surface area contributed by atoms with Crippen molar-refractivity contribution >= 4 is 17.8 Å². The quantitative estimate of drug-likeness (QED) is 0.542. The Morgan fingerprint density at radius 1 is 1.35 bits per heavy atom. The first-order valence-electron chi connectivity index (χ1n) is 6.73. The molecule has 20 heavy (non-hydrogen) atoms. The maximum absolute atomic E-state index is 11.5. The summed E-state index contributed by atoms with van der Waals surface area (Å²) >= 11 is 0. The van der Waals surface area contributed by atoms with Gasteiger partial charge >= 0.3 is 5.97 Å². The number of aliphatic carboxylic acids is 1. The van der Waals surface area contributed by atoms with Crippen LogP contribution in [0.5, 0.6) is 0 Å². The lowest BCUT2D eigenvalue weighted by atomic mass is 10.2. The van der Waals surface area contributed by atoms with E-state index in [0.717, 1.165) is 6.42 Å². The Kier molecular flexibility index (Phi) is 6.44. The van der Waals surface area contributed by atoms with Crippen LogP contribution >= 0.6 is 0 Å². The van der Waals surface area contributed by atoms with Crippen LogP contribution in [0.3, 0.4) is 0 Å². The van der Waals surface area contributed by atoms with Crippen LogP contribution in [0.25, 0.3) is 0 Å². The zero-order valence-electron chi connectivity index (χ0n) is 11.8. The molecule has 0 spiro atoms. The van der Waals surface area contributed by atoms with E-state index in [0.29, 0.717) is 12.5 Å². The van der Waals surface area contributed by atoms with E-state index in [1.165, 1.54) is 7.11 Å². The fourth-order valence-electron chi connectivity index (χ4n) is 1.87. The zero-order chi connectivity index (χ0) is 15.1. The van der Waals surface area contributed by atoms with Crippen molar-refractivity contribution in [3.8, 4) is 0 Å². The van der Waals surface area contributed by atoms with Crippen molar-refractivity contribution in [2.45, 2.75) is 32.3 Å². The highest BCUT2D eigenvalue weighted by molar-refractivity contribution is 5.82. The molecular formula is C13H22N2O5. The molecule has 0 aliphatic heterocycles. The summed E-state index contributed by atoms with van der Waals surface area (Å²) in [6.07, 6.45) is 0.393. The second kappa shape index (κ2) is 7.84. The molecular weight excluding hydrogens is 264 g/mol. The van der Waals surface area contributed by atoms with E-state index in [4.69, 9.17) is 9.84 Å². The Balaban J connectivity index is 2.10. The largest absolute Gasteiger partial charge is 0.481 e. The van der Waals surface area contributed by atoms with Gasteiger partial charge in [-0.2, -0.15) is 0 Å². The van der Waals surface area contributed by atoms with Gasteiger partial charge in [-0.1, -0.05) is 6.92 Å². The second-order valence-electron chi connectivity index (χ2n) is 5.12. The van der Waals surface area contributed by atoms with Gasteiger partial charge in [0.25, 0.3) is 0 Å². The van der Waals surface area contributed by atoms with Gasteiger partial charge in [-0.3, -0.25) is 14.4 Å². The summed E-state index contributed by atoms with van der Waals surface area (Å²) < 4.78 is 4.94. The number of carbonyl (C=O) groups excluding carboxylic acids is 2. The van der Waals surface area contributed by atoms with Gasteiger partial charge in [0.05, 0.1) is 12.5 Å². The second-order valence-corrected chi connectivity index (χ2v) is 5.12. The van der Waals surface area contributed by atoms with Gasteiger partial charge in [0.2, 0.25) is 11.8 Å². The number of hydrogen-bond acceptors (Lipinski definition) is 4. The van der Waals surface area contributed by atoms with Crippen LogP contribution in [0.4, 0.5) is 0 Å². The average molecular weight is 286 g/mol. The third kappa shape index (κ3) is 6.01. The smallest absolute Gasteiger partial charge is 0.306 e. The third-order valence-corrected chi connectivity index (χ3v) is 3.36. The Morgan fingerprint density at radius 2 is 2.00 bits per heavy atom. The van der Waals surface area contributed by atoms with Gasteiger partial charge in [-0.15, -0.1) is 0 Å². The summed E-state index contributed by atoms with van der Waals surface area (Å²) in [5, 5.41) is 13.9. The lowest BCUT2D eigenvalue weighted by Gasteiger charge is -2.14. The molecule has 1 rings (SSSR count). The first-order valence-corrected chi connectivity index (χ1v) is 6.73. The molecule has 0 aromatic carbocycles. The average Bonchev–Trinajstić information content (AvgIpc) is 3.11. The van der Waals surface area contributed by atoms with E-state index in [1.807, 2.05) is 6.92 Å². The molecule has 1 fully saturated rings. The molecule has 2 amide bonds. The van der Waals surface area contributed by atoms with Crippen molar-refractivity contribution in [3.63, 3.8) is 0 Å². The van der Waals surface area contributed by atoms with Gasteiger partial charge in [0.15, 0.2) is 0 Å². The SMILES string of the molecule is COC(CNC(=O)CCNC(=O)C1CC1C)CC(=O)O. The first-order chi connectivity index (χ1) is 9.43. The van der Waals surface area contributed by atoms with Crippen LogP contribution in [-0.2, 0) is 19.1 Å². The number of nitrogens with one attached hydrogen (secondary N) is 2. The molecule has 3 N–H and O–H groups in total. The molecule has 0 saturated heterocycles. The summed E-state index contributed by atoms with van der Waals surface area (Å²) in [6, 6.07) is 0. The Bertz CT molecular complexity index is 372. The normalized spacial score (nSPS) is 21.9. The first kappa shape index (κ1) is 16.4. The van der Waals surface area contributed by atoms with Crippen LogP contribution in [-0.4, -0.2) is 49.2 Å². The predicted molar refractivity (Wildman–Crippen MR) is 71.0 cm³/mol. The molecule has 0 bridgehead atoms. The van der Waals surface area contributed by atoms with Crippen molar-refractivity contribution in [1.82, 2.24) is 10.6 Å². The minimum absolute atomic E-state index is 0.00550. The Morgan fingerprint density at radius 3 is 2.50 bits per heavy atom. The maximum atomic E-state index is 11.5. The van der Waals surface area contributed by atoms with Crippen molar-refractivity contribution in [2.24, 2.45) is 11.8 Å². The maximum Gasteiger partial charge on any atom is 0.306 e. The molecule has 3 atom stereocenters. The molecule has 7 heteroatoms. The van der Waals surface area contributed by atoms with Gasteiger partial charge < -0.3 is 20.5 Å². The molecule has 0 radical (unpaired) electrons. The molecule has 114 valence electrons. The van der Waals surface area contributed by atoms with E-state index < -0.39 is 12.1 Å². The van der Waals surface area contributed by atoms with Crippen molar-refractivity contribution in [3.05, 3.63) is 0 Å². The van der Waals surface area contributed by atoms with Gasteiger partial charge in [-0.05, 0) is 12.3 Å². The minimum Gasteiger partial charge on any atom is -0.481 e. The Labute approximate surface area is 118 Å². The molecule has 0 aromatic rings. The van der Waals surface area contributed by atoms with Crippen molar-refractivity contribution in [2.75, 3.05) is 20.2 Å². The monoisotopic (exact) mass is 286 g/mol. The fourth-order valence-corrected chi connectivity index (χ4v) is 1.87. The number of amides is 2. The topological polar surface area (TPSA) is 105 Å². The highest BCUT2D eigenvalue weighted by Crippen LogP contribution is 2.37. The van der Waals surface area contributed by atoms with Crippen LogP contribution in [0.2, 0.25) is 0 Å². The molecule has 3 unspecified atom stereocenters. The Hall–Kier alpha value is -1.63. The fraction of sp³-hybridized carbons (Fsp3) is 0.769. The van der Waals surface area contributed by atoms with Crippen molar-refractivity contribution in [1.29, 1.82) is 0 Å².